The smallest absolute Gasteiger partial charge is 0.124 e. The van der Waals surface area contributed by atoms with E-state index in [2.05, 4.69) is 4.90 Å². The van der Waals surface area contributed by atoms with Crippen molar-refractivity contribution in [1.82, 2.24) is 0 Å². The maximum absolute atomic E-state index is 7.85. The Morgan fingerprint density at radius 2 is 2.00 bits per heavy atom. The lowest BCUT2D eigenvalue weighted by atomic mass is 9.95. The lowest BCUT2D eigenvalue weighted by Crippen LogP contribution is -2.36. The number of methoxy groups -OCH3 is 1. The van der Waals surface area contributed by atoms with Crippen LogP contribution in [0.4, 0.5) is 5.69 Å². The molecule has 1 aliphatic carbocycles. The second-order valence-corrected chi connectivity index (χ2v) is 6.24. The number of nitrogen functional groups attached to an aromatic ring is 1. The number of anilines is 1. The lowest BCUT2D eigenvalue weighted by Gasteiger charge is -2.32. The van der Waals surface area contributed by atoms with Gasteiger partial charge >= 0.3 is 0 Å². The van der Waals surface area contributed by atoms with Gasteiger partial charge in [0.15, 0.2) is 0 Å². The summed E-state index contributed by atoms with van der Waals surface area (Å²) in [6.45, 7) is 1.06. The number of amidine groups is 1. The molecule has 0 bridgehead atoms. The van der Waals surface area contributed by atoms with Gasteiger partial charge in [-0.2, -0.15) is 0 Å². The van der Waals surface area contributed by atoms with Crippen LogP contribution in [0.25, 0.3) is 0 Å². The summed E-state index contributed by atoms with van der Waals surface area (Å²) in [5.41, 5.74) is 7.70. The summed E-state index contributed by atoms with van der Waals surface area (Å²) in [4.78, 5) is 2.48. The van der Waals surface area contributed by atoms with Gasteiger partial charge in [0.25, 0.3) is 0 Å². The quantitative estimate of drug-likeness (QED) is 0.660. The molecule has 3 N–H and O–H groups in total. The largest absolute Gasteiger partial charge is 0.497 e. The second-order valence-electron chi connectivity index (χ2n) is 6.24. The van der Waals surface area contributed by atoms with Crippen molar-refractivity contribution in [1.29, 1.82) is 5.41 Å². The van der Waals surface area contributed by atoms with E-state index < -0.39 is 0 Å². The maximum Gasteiger partial charge on any atom is 0.124 e. The van der Waals surface area contributed by atoms with E-state index in [1.165, 1.54) is 38.5 Å². The van der Waals surface area contributed by atoms with Crippen molar-refractivity contribution in [2.45, 2.75) is 44.6 Å². The van der Waals surface area contributed by atoms with Crippen molar-refractivity contribution in [3.8, 4) is 5.75 Å². The van der Waals surface area contributed by atoms with Gasteiger partial charge in [-0.05, 0) is 43.7 Å². The van der Waals surface area contributed by atoms with Crippen molar-refractivity contribution in [3.05, 3.63) is 23.8 Å². The molecule has 21 heavy (non-hydrogen) atoms. The number of nitrogens with two attached hydrogens (primary N) is 1. The van der Waals surface area contributed by atoms with E-state index in [-0.39, 0.29) is 5.84 Å². The number of rotatable bonds is 4. The van der Waals surface area contributed by atoms with Gasteiger partial charge in [0, 0.05) is 24.2 Å². The van der Waals surface area contributed by atoms with Crippen LogP contribution in [0.5, 0.6) is 5.75 Å². The summed E-state index contributed by atoms with van der Waals surface area (Å²) in [6, 6.07) is 6.46. The van der Waals surface area contributed by atoms with E-state index in [0.29, 0.717) is 6.04 Å². The summed E-state index contributed by atoms with van der Waals surface area (Å²) in [6.07, 6.45) is 7.93. The first-order valence-electron chi connectivity index (χ1n) is 8.00. The third-order valence-corrected chi connectivity index (χ3v) is 5.05. The molecule has 1 atom stereocenters. The molecule has 1 unspecified atom stereocenters. The van der Waals surface area contributed by atoms with E-state index in [9.17, 15) is 0 Å². The molecule has 1 saturated heterocycles. The Morgan fingerprint density at radius 3 is 2.67 bits per heavy atom. The van der Waals surface area contributed by atoms with Crippen LogP contribution >= 0.6 is 0 Å². The molecule has 1 aliphatic heterocycles. The average molecular weight is 287 g/mol. The minimum absolute atomic E-state index is 0.143. The predicted octanol–water partition coefficient (Wildman–Crippen LogP) is 3.14. The molecule has 0 amide bonds. The zero-order valence-electron chi connectivity index (χ0n) is 12.8. The standard InChI is InChI=1S/C17H25N3O/c1-21-13-8-9-14(17(18)19)16(11-13)20-10-4-7-15(20)12-5-2-3-6-12/h8-9,11-12,15H,2-7,10H2,1H3,(H3,18,19). The highest BCUT2D eigenvalue weighted by Gasteiger charge is 2.34. The molecule has 1 saturated carbocycles. The molecule has 4 nitrogen and oxygen atoms in total. The first-order chi connectivity index (χ1) is 10.2. The molecule has 0 spiro atoms. The highest BCUT2D eigenvalue weighted by molar-refractivity contribution is 6.00. The van der Waals surface area contributed by atoms with Gasteiger partial charge in [0.2, 0.25) is 0 Å². The van der Waals surface area contributed by atoms with Crippen molar-refractivity contribution < 1.29 is 4.74 Å². The third-order valence-electron chi connectivity index (χ3n) is 5.05. The number of hydrogen-bond donors (Lipinski definition) is 2. The number of nitrogens with one attached hydrogen (secondary N) is 1. The fourth-order valence-electron chi connectivity index (χ4n) is 4.03. The van der Waals surface area contributed by atoms with Gasteiger partial charge in [-0.25, -0.2) is 0 Å². The lowest BCUT2D eigenvalue weighted by molar-refractivity contribution is 0.412. The van der Waals surface area contributed by atoms with Crippen LogP contribution < -0.4 is 15.4 Å². The Bertz CT molecular complexity index is 523. The van der Waals surface area contributed by atoms with Crippen LogP contribution in [0.1, 0.15) is 44.1 Å². The first kappa shape index (κ1) is 14.2. The SMILES string of the molecule is COc1ccc(C(=N)N)c(N2CCCC2C2CCCC2)c1. The first-order valence-corrected chi connectivity index (χ1v) is 8.00. The van der Waals surface area contributed by atoms with E-state index in [1.807, 2.05) is 18.2 Å². The van der Waals surface area contributed by atoms with Gasteiger partial charge in [-0.3, -0.25) is 5.41 Å². The number of hydrogen-bond acceptors (Lipinski definition) is 3. The fraction of sp³-hybridized carbons (Fsp3) is 0.588. The maximum atomic E-state index is 7.85. The topological polar surface area (TPSA) is 62.3 Å². The minimum Gasteiger partial charge on any atom is -0.497 e. The molecule has 4 heteroatoms. The molecule has 1 aromatic rings. The molecule has 114 valence electrons. The van der Waals surface area contributed by atoms with E-state index in [4.69, 9.17) is 15.9 Å². The molecule has 0 radical (unpaired) electrons. The van der Waals surface area contributed by atoms with Crippen molar-refractivity contribution in [3.63, 3.8) is 0 Å². The molecular weight excluding hydrogens is 262 g/mol. The zero-order chi connectivity index (χ0) is 14.8. The van der Waals surface area contributed by atoms with Crippen LogP contribution in [-0.4, -0.2) is 25.5 Å². The van der Waals surface area contributed by atoms with Gasteiger partial charge in [0.05, 0.1) is 12.8 Å². The van der Waals surface area contributed by atoms with Crippen LogP contribution in [0, 0.1) is 11.3 Å². The number of benzene rings is 1. The molecule has 1 heterocycles. The van der Waals surface area contributed by atoms with Crippen LogP contribution in [-0.2, 0) is 0 Å². The highest BCUT2D eigenvalue weighted by atomic mass is 16.5. The predicted molar refractivity (Wildman–Crippen MR) is 86.3 cm³/mol. The van der Waals surface area contributed by atoms with E-state index >= 15 is 0 Å². The summed E-state index contributed by atoms with van der Waals surface area (Å²) < 4.78 is 5.37. The van der Waals surface area contributed by atoms with E-state index in [1.54, 1.807) is 7.11 Å². The molecular formula is C17H25N3O. The Hall–Kier alpha value is -1.71. The summed E-state index contributed by atoms with van der Waals surface area (Å²) >= 11 is 0. The summed E-state index contributed by atoms with van der Waals surface area (Å²) in [5.74, 6) is 1.79. The molecule has 2 fully saturated rings. The molecule has 1 aromatic carbocycles. The normalized spacial score (nSPS) is 22.7. The average Bonchev–Trinajstić information content (AvgIpc) is 3.16. The van der Waals surface area contributed by atoms with Crippen molar-refractivity contribution in [2.75, 3.05) is 18.6 Å². The molecule has 3 rings (SSSR count). The third kappa shape index (κ3) is 2.71. The Morgan fingerprint density at radius 1 is 1.24 bits per heavy atom. The Kier molecular flexibility index (Phi) is 4.04. The van der Waals surface area contributed by atoms with E-state index in [0.717, 1.165) is 29.5 Å². The van der Waals surface area contributed by atoms with Gasteiger partial charge in [-0.1, -0.05) is 12.8 Å². The Labute approximate surface area is 126 Å². The highest BCUT2D eigenvalue weighted by Crippen LogP contribution is 2.39. The van der Waals surface area contributed by atoms with Crippen LogP contribution in [0.2, 0.25) is 0 Å². The van der Waals surface area contributed by atoms with Crippen LogP contribution in [0.15, 0.2) is 18.2 Å². The second kappa shape index (κ2) is 5.96. The molecule has 0 aromatic heterocycles. The van der Waals surface area contributed by atoms with Gasteiger partial charge in [-0.15, -0.1) is 0 Å². The van der Waals surface area contributed by atoms with Crippen LogP contribution in [0.3, 0.4) is 0 Å². The minimum atomic E-state index is 0.143. The number of nitrogens with zero attached hydrogens (tertiary/aromatic N) is 1. The zero-order valence-corrected chi connectivity index (χ0v) is 12.8. The van der Waals surface area contributed by atoms with Crippen molar-refractivity contribution >= 4 is 11.5 Å². The van der Waals surface area contributed by atoms with Gasteiger partial charge in [0.1, 0.15) is 11.6 Å². The molecule has 2 aliphatic rings. The Balaban J connectivity index is 1.95. The van der Waals surface area contributed by atoms with Crippen molar-refractivity contribution in [2.24, 2.45) is 11.7 Å². The monoisotopic (exact) mass is 287 g/mol. The number of ether oxygens (including phenoxy) is 1. The summed E-state index contributed by atoms with van der Waals surface area (Å²) in [7, 11) is 1.69. The summed E-state index contributed by atoms with van der Waals surface area (Å²) in [5, 5.41) is 7.85. The van der Waals surface area contributed by atoms with Gasteiger partial charge < -0.3 is 15.4 Å². The fourth-order valence-corrected chi connectivity index (χ4v) is 4.03.